The Bertz CT molecular complexity index is 644. The molecule has 6 heteroatoms. The number of nitrogens with zero attached hydrogens (tertiary/aromatic N) is 1. The standard InChI is InChI=1S/C20H29N3O2S/c1-3-24-11-12-25-16-18-7-4-6-17(14-18)15-23-20(21-2)22-10-9-19-8-5-13-26-19/h4-8,13-14H,3,9-12,15-16H2,1-2H3,(H2,21,22,23). The van der Waals surface area contributed by atoms with Crippen LogP contribution in [0.1, 0.15) is 22.9 Å². The summed E-state index contributed by atoms with van der Waals surface area (Å²) in [6, 6.07) is 12.6. The summed E-state index contributed by atoms with van der Waals surface area (Å²) < 4.78 is 10.9. The molecule has 0 amide bonds. The third-order valence-electron chi connectivity index (χ3n) is 3.76. The molecule has 0 radical (unpaired) electrons. The van der Waals surface area contributed by atoms with Crippen molar-refractivity contribution < 1.29 is 9.47 Å². The maximum absolute atomic E-state index is 5.63. The Morgan fingerprint density at radius 1 is 1.08 bits per heavy atom. The van der Waals surface area contributed by atoms with E-state index in [1.165, 1.54) is 16.0 Å². The topological polar surface area (TPSA) is 54.9 Å². The molecule has 2 rings (SSSR count). The normalized spacial score (nSPS) is 11.5. The number of rotatable bonds is 11. The van der Waals surface area contributed by atoms with Crippen molar-refractivity contribution >= 4 is 17.3 Å². The van der Waals surface area contributed by atoms with Gasteiger partial charge in [0.05, 0.1) is 19.8 Å². The lowest BCUT2D eigenvalue weighted by molar-refractivity contribution is 0.0453. The second-order valence-corrected chi connectivity index (χ2v) is 6.78. The first kappa shape index (κ1) is 20.4. The summed E-state index contributed by atoms with van der Waals surface area (Å²) in [5.74, 6) is 0.819. The van der Waals surface area contributed by atoms with Crippen LogP contribution in [0.3, 0.4) is 0 Å². The van der Waals surface area contributed by atoms with Crippen LogP contribution in [0.2, 0.25) is 0 Å². The first-order valence-corrected chi connectivity index (χ1v) is 9.90. The van der Waals surface area contributed by atoms with Crippen LogP contribution in [0, 0.1) is 0 Å². The summed E-state index contributed by atoms with van der Waals surface area (Å²) in [5.41, 5.74) is 2.37. The summed E-state index contributed by atoms with van der Waals surface area (Å²) in [5, 5.41) is 8.82. The highest BCUT2D eigenvalue weighted by molar-refractivity contribution is 7.09. The zero-order valence-corrected chi connectivity index (χ0v) is 16.5. The van der Waals surface area contributed by atoms with Gasteiger partial charge in [0.2, 0.25) is 0 Å². The molecule has 142 valence electrons. The summed E-state index contributed by atoms with van der Waals surface area (Å²) >= 11 is 1.78. The van der Waals surface area contributed by atoms with Crippen LogP contribution < -0.4 is 10.6 Å². The van der Waals surface area contributed by atoms with Gasteiger partial charge in [-0.05, 0) is 35.9 Å². The predicted octanol–water partition coefficient (Wildman–Crippen LogP) is 3.21. The quantitative estimate of drug-likeness (QED) is 0.360. The van der Waals surface area contributed by atoms with Gasteiger partial charge in [0, 0.05) is 31.6 Å². The van der Waals surface area contributed by atoms with Gasteiger partial charge in [-0.15, -0.1) is 11.3 Å². The molecule has 0 bridgehead atoms. The lowest BCUT2D eigenvalue weighted by Crippen LogP contribution is -2.37. The summed E-state index contributed by atoms with van der Waals surface area (Å²) in [6.07, 6.45) is 1.01. The fraction of sp³-hybridized carbons (Fsp3) is 0.450. The molecule has 1 aromatic carbocycles. The number of thiophene rings is 1. The molecule has 0 aliphatic carbocycles. The van der Waals surface area contributed by atoms with Crippen molar-refractivity contribution in [3.8, 4) is 0 Å². The predicted molar refractivity (Wildman–Crippen MR) is 109 cm³/mol. The molecule has 2 N–H and O–H groups in total. The summed E-state index contributed by atoms with van der Waals surface area (Å²) in [4.78, 5) is 5.66. The highest BCUT2D eigenvalue weighted by atomic mass is 32.1. The molecule has 0 fully saturated rings. The molecular formula is C20H29N3O2S. The van der Waals surface area contributed by atoms with E-state index in [1.807, 2.05) is 6.92 Å². The van der Waals surface area contributed by atoms with Gasteiger partial charge < -0.3 is 20.1 Å². The van der Waals surface area contributed by atoms with Crippen LogP contribution >= 0.6 is 11.3 Å². The molecule has 0 saturated carbocycles. The van der Waals surface area contributed by atoms with E-state index in [0.29, 0.717) is 19.8 Å². The smallest absolute Gasteiger partial charge is 0.191 e. The number of nitrogens with one attached hydrogen (secondary N) is 2. The van der Waals surface area contributed by atoms with Crippen LogP contribution in [0.15, 0.2) is 46.8 Å². The lowest BCUT2D eigenvalue weighted by Gasteiger charge is -2.12. The minimum absolute atomic E-state index is 0.606. The Kier molecular flexibility index (Phi) is 9.79. The van der Waals surface area contributed by atoms with Gasteiger partial charge in [0.15, 0.2) is 5.96 Å². The van der Waals surface area contributed by atoms with Crippen molar-refractivity contribution in [2.24, 2.45) is 4.99 Å². The van der Waals surface area contributed by atoms with E-state index >= 15 is 0 Å². The number of ether oxygens (including phenoxy) is 2. The van der Waals surface area contributed by atoms with E-state index in [4.69, 9.17) is 9.47 Å². The fourth-order valence-corrected chi connectivity index (χ4v) is 3.16. The van der Waals surface area contributed by atoms with E-state index in [0.717, 1.165) is 32.1 Å². The third kappa shape index (κ3) is 7.99. The highest BCUT2D eigenvalue weighted by Gasteiger charge is 2.01. The number of hydrogen-bond acceptors (Lipinski definition) is 4. The number of hydrogen-bond donors (Lipinski definition) is 2. The molecule has 2 aromatic rings. The van der Waals surface area contributed by atoms with E-state index in [-0.39, 0.29) is 0 Å². The van der Waals surface area contributed by atoms with Gasteiger partial charge in [-0.2, -0.15) is 0 Å². The van der Waals surface area contributed by atoms with Crippen LogP contribution in [-0.4, -0.2) is 39.4 Å². The van der Waals surface area contributed by atoms with Gasteiger partial charge in [-0.3, -0.25) is 4.99 Å². The summed E-state index contributed by atoms with van der Waals surface area (Å²) in [6.45, 7) is 6.19. The average molecular weight is 376 g/mol. The minimum Gasteiger partial charge on any atom is -0.379 e. The average Bonchev–Trinajstić information content (AvgIpc) is 3.18. The molecular weight excluding hydrogens is 346 g/mol. The Hall–Kier alpha value is -1.89. The highest BCUT2D eigenvalue weighted by Crippen LogP contribution is 2.08. The summed E-state index contributed by atoms with van der Waals surface area (Å²) in [7, 11) is 1.79. The second kappa shape index (κ2) is 12.5. The number of benzene rings is 1. The van der Waals surface area contributed by atoms with Gasteiger partial charge >= 0.3 is 0 Å². The largest absolute Gasteiger partial charge is 0.379 e. The first-order chi connectivity index (χ1) is 12.8. The van der Waals surface area contributed by atoms with Crippen LogP contribution in [0.5, 0.6) is 0 Å². The van der Waals surface area contributed by atoms with Gasteiger partial charge in [-0.25, -0.2) is 0 Å². The van der Waals surface area contributed by atoms with Gasteiger partial charge in [0.1, 0.15) is 0 Å². The maximum Gasteiger partial charge on any atom is 0.191 e. The van der Waals surface area contributed by atoms with Crippen molar-refractivity contribution in [1.82, 2.24) is 10.6 Å². The van der Waals surface area contributed by atoms with Crippen LogP contribution in [0.4, 0.5) is 0 Å². The SMILES string of the molecule is CCOCCOCc1cccc(CNC(=NC)NCCc2cccs2)c1. The molecule has 0 aliphatic rings. The Morgan fingerprint density at radius 2 is 1.92 bits per heavy atom. The van der Waals surface area contributed by atoms with E-state index in [1.54, 1.807) is 18.4 Å². The Labute approximate surface area is 160 Å². The zero-order valence-electron chi connectivity index (χ0n) is 15.7. The zero-order chi connectivity index (χ0) is 18.5. The molecule has 0 aliphatic heterocycles. The minimum atomic E-state index is 0.606. The molecule has 26 heavy (non-hydrogen) atoms. The second-order valence-electron chi connectivity index (χ2n) is 5.75. The van der Waals surface area contributed by atoms with E-state index in [9.17, 15) is 0 Å². The van der Waals surface area contributed by atoms with E-state index < -0.39 is 0 Å². The van der Waals surface area contributed by atoms with Crippen molar-refractivity contribution in [3.63, 3.8) is 0 Å². The number of guanidine groups is 1. The fourth-order valence-electron chi connectivity index (χ4n) is 2.45. The van der Waals surface area contributed by atoms with E-state index in [2.05, 4.69) is 57.4 Å². The molecule has 1 aromatic heterocycles. The number of aliphatic imine (C=N–C) groups is 1. The van der Waals surface area contributed by atoms with Gasteiger partial charge in [-0.1, -0.05) is 30.3 Å². The monoisotopic (exact) mass is 375 g/mol. The van der Waals surface area contributed by atoms with Crippen molar-refractivity contribution in [3.05, 3.63) is 57.8 Å². The maximum atomic E-state index is 5.63. The molecule has 5 nitrogen and oxygen atoms in total. The molecule has 1 heterocycles. The third-order valence-corrected chi connectivity index (χ3v) is 4.70. The van der Waals surface area contributed by atoms with Crippen LogP contribution in [-0.2, 0) is 29.0 Å². The Balaban J connectivity index is 1.70. The molecule has 0 spiro atoms. The molecule has 0 saturated heterocycles. The Morgan fingerprint density at radius 3 is 2.69 bits per heavy atom. The molecule has 0 unspecified atom stereocenters. The van der Waals surface area contributed by atoms with Crippen molar-refractivity contribution in [2.75, 3.05) is 33.4 Å². The van der Waals surface area contributed by atoms with Crippen molar-refractivity contribution in [2.45, 2.75) is 26.5 Å². The van der Waals surface area contributed by atoms with Gasteiger partial charge in [0.25, 0.3) is 0 Å². The molecule has 0 atom stereocenters. The first-order valence-electron chi connectivity index (χ1n) is 9.02. The van der Waals surface area contributed by atoms with Crippen molar-refractivity contribution in [1.29, 1.82) is 0 Å². The lowest BCUT2D eigenvalue weighted by atomic mass is 10.1. The van der Waals surface area contributed by atoms with Crippen LogP contribution in [0.25, 0.3) is 0 Å².